The van der Waals surface area contributed by atoms with Gasteiger partial charge in [-0.2, -0.15) is 0 Å². The summed E-state index contributed by atoms with van der Waals surface area (Å²) < 4.78 is 0. The van der Waals surface area contributed by atoms with Crippen LogP contribution in [0.25, 0.3) is 0 Å². The summed E-state index contributed by atoms with van der Waals surface area (Å²) in [5.74, 6) is 1.13. The first-order valence-electron chi connectivity index (χ1n) is 8.04. The summed E-state index contributed by atoms with van der Waals surface area (Å²) in [6, 6.07) is 11.7. The topological polar surface area (TPSA) is 58.1 Å². The van der Waals surface area contributed by atoms with Gasteiger partial charge in [-0.15, -0.1) is 0 Å². The van der Waals surface area contributed by atoms with Crippen LogP contribution < -0.4 is 10.2 Å². The monoisotopic (exact) mass is 312 g/mol. The largest absolute Gasteiger partial charge is 0.351 e. The molecule has 1 aromatic carbocycles. The third-order valence-electron chi connectivity index (χ3n) is 3.55. The third kappa shape index (κ3) is 4.77. The zero-order valence-electron chi connectivity index (χ0n) is 14.0. The first-order chi connectivity index (χ1) is 11.1. The van der Waals surface area contributed by atoms with Gasteiger partial charge in [-0.1, -0.05) is 32.0 Å². The van der Waals surface area contributed by atoms with Gasteiger partial charge < -0.3 is 10.2 Å². The first kappa shape index (κ1) is 16.9. The van der Waals surface area contributed by atoms with Gasteiger partial charge in [-0.3, -0.25) is 4.79 Å². The lowest BCUT2D eigenvalue weighted by Crippen LogP contribution is -2.27. The number of benzene rings is 1. The van der Waals surface area contributed by atoms with Crippen molar-refractivity contribution in [1.82, 2.24) is 15.3 Å². The summed E-state index contributed by atoms with van der Waals surface area (Å²) in [6.45, 7) is 7.74. The lowest BCUT2D eigenvalue weighted by atomic mass is 10.1. The Morgan fingerprint density at radius 1 is 1.22 bits per heavy atom. The minimum Gasteiger partial charge on any atom is -0.351 e. The van der Waals surface area contributed by atoms with Crippen LogP contribution in [-0.2, 0) is 0 Å². The molecule has 1 amide bonds. The predicted molar refractivity (Wildman–Crippen MR) is 92.9 cm³/mol. The van der Waals surface area contributed by atoms with Crippen molar-refractivity contribution >= 4 is 17.4 Å². The smallest absolute Gasteiger partial charge is 0.270 e. The zero-order valence-corrected chi connectivity index (χ0v) is 14.0. The molecule has 23 heavy (non-hydrogen) atoms. The van der Waals surface area contributed by atoms with Crippen LogP contribution in [0.5, 0.6) is 0 Å². The van der Waals surface area contributed by atoms with Crippen LogP contribution in [0, 0.1) is 5.92 Å². The van der Waals surface area contributed by atoms with E-state index < -0.39 is 0 Å². The van der Waals surface area contributed by atoms with E-state index in [-0.39, 0.29) is 5.91 Å². The van der Waals surface area contributed by atoms with E-state index in [9.17, 15) is 4.79 Å². The van der Waals surface area contributed by atoms with Gasteiger partial charge in [-0.05, 0) is 31.4 Å². The number of hydrogen-bond donors (Lipinski definition) is 1. The number of nitrogens with zero attached hydrogens (tertiary/aromatic N) is 3. The number of carbonyl (C=O) groups is 1. The van der Waals surface area contributed by atoms with Crippen LogP contribution >= 0.6 is 0 Å². The Morgan fingerprint density at radius 2 is 1.96 bits per heavy atom. The highest BCUT2D eigenvalue weighted by Gasteiger charge is 2.13. The molecule has 0 saturated heterocycles. The van der Waals surface area contributed by atoms with Crippen LogP contribution in [0.3, 0.4) is 0 Å². The van der Waals surface area contributed by atoms with Gasteiger partial charge in [0, 0.05) is 24.8 Å². The second kappa shape index (κ2) is 8.27. The minimum absolute atomic E-state index is 0.154. The van der Waals surface area contributed by atoms with E-state index in [1.165, 1.54) is 6.33 Å². The molecule has 5 heteroatoms. The number of hydrogen-bond acceptors (Lipinski definition) is 4. The fourth-order valence-electron chi connectivity index (χ4n) is 2.27. The second-order valence-electron chi connectivity index (χ2n) is 5.78. The molecule has 122 valence electrons. The molecule has 2 rings (SSSR count). The number of amides is 1. The summed E-state index contributed by atoms with van der Waals surface area (Å²) in [5, 5.41) is 2.91. The molecule has 1 N–H and O–H groups in total. The molecule has 0 aliphatic rings. The molecule has 2 aromatic rings. The quantitative estimate of drug-likeness (QED) is 0.851. The maximum absolute atomic E-state index is 12.2. The zero-order chi connectivity index (χ0) is 16.7. The van der Waals surface area contributed by atoms with Crippen LogP contribution in [0.4, 0.5) is 11.5 Å². The Kier molecular flexibility index (Phi) is 6.09. The lowest BCUT2D eigenvalue weighted by molar-refractivity contribution is 0.0947. The van der Waals surface area contributed by atoms with Crippen LogP contribution in [0.2, 0.25) is 0 Å². The second-order valence-corrected chi connectivity index (χ2v) is 5.78. The molecule has 0 spiro atoms. The first-order valence-corrected chi connectivity index (χ1v) is 8.04. The van der Waals surface area contributed by atoms with Crippen molar-refractivity contribution in [2.75, 3.05) is 18.0 Å². The van der Waals surface area contributed by atoms with E-state index in [0.717, 1.165) is 24.5 Å². The highest BCUT2D eigenvalue weighted by Crippen LogP contribution is 2.22. The van der Waals surface area contributed by atoms with E-state index in [0.29, 0.717) is 18.2 Å². The van der Waals surface area contributed by atoms with Crippen molar-refractivity contribution in [1.29, 1.82) is 0 Å². The number of anilines is 2. The Balaban J connectivity index is 2.13. The third-order valence-corrected chi connectivity index (χ3v) is 3.55. The Labute approximate surface area is 137 Å². The molecule has 1 aromatic heterocycles. The van der Waals surface area contributed by atoms with E-state index in [4.69, 9.17) is 0 Å². The van der Waals surface area contributed by atoms with Gasteiger partial charge in [0.05, 0.1) is 0 Å². The summed E-state index contributed by atoms with van der Waals surface area (Å²) in [7, 11) is 0. The Morgan fingerprint density at radius 3 is 2.61 bits per heavy atom. The molecule has 0 unspecified atom stereocenters. The van der Waals surface area contributed by atoms with Crippen LogP contribution in [0.15, 0.2) is 42.7 Å². The molecular weight excluding hydrogens is 288 g/mol. The van der Waals surface area contributed by atoms with E-state index in [2.05, 4.69) is 36.1 Å². The fraction of sp³-hybridized carbons (Fsp3) is 0.389. The van der Waals surface area contributed by atoms with Crippen molar-refractivity contribution in [3.05, 3.63) is 48.4 Å². The molecule has 0 fully saturated rings. The summed E-state index contributed by atoms with van der Waals surface area (Å²) in [6.07, 6.45) is 2.40. The van der Waals surface area contributed by atoms with Gasteiger partial charge in [0.2, 0.25) is 0 Å². The van der Waals surface area contributed by atoms with Crippen molar-refractivity contribution in [2.45, 2.75) is 27.2 Å². The normalized spacial score (nSPS) is 10.6. The number of nitrogens with one attached hydrogen (secondary N) is 1. The molecule has 0 bridgehead atoms. The number of aromatic nitrogens is 2. The summed E-state index contributed by atoms with van der Waals surface area (Å²) >= 11 is 0. The molecule has 0 aliphatic carbocycles. The molecule has 0 atom stereocenters. The average molecular weight is 312 g/mol. The highest BCUT2D eigenvalue weighted by atomic mass is 16.1. The molecule has 0 aliphatic heterocycles. The predicted octanol–water partition coefficient (Wildman–Crippen LogP) is 3.41. The van der Waals surface area contributed by atoms with Crippen molar-refractivity contribution < 1.29 is 4.79 Å². The summed E-state index contributed by atoms with van der Waals surface area (Å²) in [4.78, 5) is 22.7. The highest BCUT2D eigenvalue weighted by molar-refractivity contribution is 5.93. The van der Waals surface area contributed by atoms with Gasteiger partial charge in [0.15, 0.2) is 0 Å². The Hall–Kier alpha value is -2.43. The van der Waals surface area contributed by atoms with Gasteiger partial charge >= 0.3 is 0 Å². The van der Waals surface area contributed by atoms with Crippen LogP contribution in [-0.4, -0.2) is 29.0 Å². The number of para-hydroxylation sites is 1. The maximum Gasteiger partial charge on any atom is 0.270 e. The van der Waals surface area contributed by atoms with Crippen molar-refractivity contribution in [3.8, 4) is 0 Å². The molecule has 1 heterocycles. The van der Waals surface area contributed by atoms with E-state index in [1.807, 2.05) is 35.2 Å². The van der Waals surface area contributed by atoms with Crippen molar-refractivity contribution in [3.63, 3.8) is 0 Å². The standard InChI is InChI=1S/C18H24N4O/c1-4-22(15-8-6-5-7-9-15)17-12-16(20-13-21-17)18(23)19-11-10-14(2)3/h5-9,12-14H,4,10-11H2,1-3H3,(H,19,23). The SMILES string of the molecule is CCN(c1ccccc1)c1cc(C(=O)NCCC(C)C)ncn1. The fourth-order valence-corrected chi connectivity index (χ4v) is 2.27. The van der Waals surface area contributed by atoms with Gasteiger partial charge in [0.1, 0.15) is 17.8 Å². The molecular formula is C18H24N4O. The summed E-state index contributed by atoms with van der Waals surface area (Å²) in [5.41, 5.74) is 1.44. The molecule has 0 radical (unpaired) electrons. The minimum atomic E-state index is -0.154. The number of rotatable bonds is 7. The van der Waals surface area contributed by atoms with Gasteiger partial charge in [0.25, 0.3) is 5.91 Å². The number of carbonyl (C=O) groups excluding carboxylic acids is 1. The van der Waals surface area contributed by atoms with Crippen molar-refractivity contribution in [2.24, 2.45) is 5.92 Å². The average Bonchev–Trinajstić information content (AvgIpc) is 2.56. The lowest BCUT2D eigenvalue weighted by Gasteiger charge is -2.22. The molecule has 0 saturated carbocycles. The maximum atomic E-state index is 12.2. The molecule has 5 nitrogen and oxygen atoms in total. The van der Waals surface area contributed by atoms with E-state index in [1.54, 1.807) is 6.07 Å². The van der Waals surface area contributed by atoms with Gasteiger partial charge in [-0.25, -0.2) is 9.97 Å². The Bertz CT molecular complexity index is 628. The van der Waals surface area contributed by atoms with E-state index >= 15 is 0 Å². The van der Waals surface area contributed by atoms with Crippen LogP contribution in [0.1, 0.15) is 37.7 Å².